The lowest BCUT2D eigenvalue weighted by Crippen LogP contribution is -2.03. The minimum absolute atomic E-state index is 0.706. The van der Waals surface area contributed by atoms with Gasteiger partial charge in [-0.2, -0.15) is 0 Å². The zero-order chi connectivity index (χ0) is 33.9. The SMILES string of the molecule is c1ccc(-c2ccc(-c3nc(-n4c5ccccc5c5cc6c7ccccc7n7c8c9ccccc9ccc8c(c54)c67)c4ccccc4n3)cc2)cc1. The number of para-hydroxylation sites is 3. The van der Waals surface area contributed by atoms with Gasteiger partial charge >= 0.3 is 0 Å². The van der Waals surface area contributed by atoms with Crippen LogP contribution < -0.4 is 0 Å². The lowest BCUT2D eigenvalue weighted by molar-refractivity contribution is 1.08. The van der Waals surface area contributed by atoms with Gasteiger partial charge in [0.25, 0.3) is 0 Å². The van der Waals surface area contributed by atoms with Gasteiger partial charge in [0.15, 0.2) is 5.82 Å². The largest absolute Gasteiger partial charge is 0.307 e. The molecule has 0 saturated carbocycles. The molecule has 4 nitrogen and oxygen atoms in total. The third-order valence-corrected chi connectivity index (χ3v) is 11.0. The molecule has 4 heterocycles. The van der Waals surface area contributed by atoms with Crippen molar-refractivity contribution in [2.75, 3.05) is 0 Å². The Balaban J connectivity index is 1.25. The van der Waals surface area contributed by atoms with E-state index in [1.165, 1.54) is 76.3 Å². The molecular weight excluding hydrogens is 633 g/mol. The second-order valence-corrected chi connectivity index (χ2v) is 13.8. The zero-order valence-electron chi connectivity index (χ0n) is 28.0. The maximum atomic E-state index is 5.48. The van der Waals surface area contributed by atoms with Crippen LogP contribution in [-0.2, 0) is 0 Å². The summed E-state index contributed by atoms with van der Waals surface area (Å²) in [7, 11) is 0. The molecule has 0 amide bonds. The first-order chi connectivity index (χ1) is 25.8. The van der Waals surface area contributed by atoms with E-state index in [0.717, 1.165) is 27.8 Å². The summed E-state index contributed by atoms with van der Waals surface area (Å²) < 4.78 is 4.93. The van der Waals surface area contributed by atoms with Gasteiger partial charge in [0.05, 0.1) is 33.1 Å². The molecule has 4 aromatic heterocycles. The Kier molecular flexibility index (Phi) is 5.47. The van der Waals surface area contributed by atoms with Gasteiger partial charge in [-0.1, -0.05) is 140 Å². The summed E-state index contributed by atoms with van der Waals surface area (Å²) in [6, 6.07) is 61.0. The first-order valence-electron chi connectivity index (χ1n) is 17.8. The highest BCUT2D eigenvalue weighted by Crippen LogP contribution is 2.48. The van der Waals surface area contributed by atoms with Crippen LogP contribution in [0, 0.1) is 0 Å². The van der Waals surface area contributed by atoms with E-state index < -0.39 is 0 Å². The van der Waals surface area contributed by atoms with Crippen molar-refractivity contribution >= 4 is 81.6 Å². The zero-order valence-corrected chi connectivity index (χ0v) is 28.0. The topological polar surface area (TPSA) is 35.1 Å². The number of benzene rings is 8. The fraction of sp³-hybridized carbons (Fsp3) is 0. The standard InChI is InChI=1S/C48H28N4/c1-2-12-29(13-3-1)30-22-24-32(25-23-30)47-49-40-19-9-6-18-36(40)48(50-47)52-42-21-11-8-17-35(42)39-28-38-34-16-7-10-20-41(34)51-44-33-15-5-4-14-31(33)26-27-37(44)43(45(38)51)46(39)52/h1-28H. The van der Waals surface area contributed by atoms with E-state index in [2.05, 4.69) is 179 Å². The number of hydrogen-bond donors (Lipinski definition) is 0. The van der Waals surface area contributed by atoms with Crippen LogP contribution in [0.5, 0.6) is 0 Å². The Labute approximate surface area is 297 Å². The molecule has 0 aliphatic carbocycles. The second kappa shape index (κ2) is 10.3. The van der Waals surface area contributed by atoms with Gasteiger partial charge in [0.2, 0.25) is 0 Å². The average molecular weight is 661 g/mol. The second-order valence-electron chi connectivity index (χ2n) is 13.8. The summed E-state index contributed by atoms with van der Waals surface area (Å²) in [6.07, 6.45) is 0. The Hall–Kier alpha value is -7.04. The molecule has 0 saturated heterocycles. The molecule has 0 spiro atoms. The number of nitrogens with zero attached hydrogens (tertiary/aromatic N) is 4. The van der Waals surface area contributed by atoms with Crippen molar-refractivity contribution < 1.29 is 0 Å². The highest BCUT2D eigenvalue weighted by molar-refractivity contribution is 6.36. The molecule has 0 bridgehead atoms. The first kappa shape index (κ1) is 27.7. The minimum atomic E-state index is 0.706. The van der Waals surface area contributed by atoms with Gasteiger partial charge in [0, 0.05) is 48.7 Å². The van der Waals surface area contributed by atoms with E-state index in [0.29, 0.717) is 5.82 Å². The summed E-state index contributed by atoms with van der Waals surface area (Å²) in [4.78, 5) is 10.6. The van der Waals surface area contributed by atoms with E-state index in [-0.39, 0.29) is 0 Å². The third kappa shape index (κ3) is 3.65. The van der Waals surface area contributed by atoms with Gasteiger partial charge < -0.3 is 4.40 Å². The maximum absolute atomic E-state index is 5.48. The monoisotopic (exact) mass is 660 g/mol. The fourth-order valence-corrected chi connectivity index (χ4v) is 8.78. The molecule has 0 aliphatic rings. The van der Waals surface area contributed by atoms with Gasteiger partial charge in [0.1, 0.15) is 5.82 Å². The lowest BCUT2D eigenvalue weighted by Gasteiger charge is -2.13. The summed E-state index contributed by atoms with van der Waals surface area (Å²) in [5.41, 5.74) is 10.3. The number of aromatic nitrogens is 4. The Morgan fingerprint density at radius 2 is 0.981 bits per heavy atom. The Bertz CT molecular complexity index is 3390. The molecule has 0 atom stereocenters. The molecule has 12 aromatic rings. The van der Waals surface area contributed by atoms with Crippen LogP contribution in [0.1, 0.15) is 0 Å². The molecule has 12 rings (SSSR count). The Morgan fingerprint density at radius 3 is 1.81 bits per heavy atom. The van der Waals surface area contributed by atoms with Crippen LogP contribution in [0.15, 0.2) is 170 Å². The lowest BCUT2D eigenvalue weighted by atomic mass is 10.0. The van der Waals surface area contributed by atoms with Gasteiger partial charge in [-0.15, -0.1) is 0 Å². The quantitative estimate of drug-likeness (QED) is 0.189. The van der Waals surface area contributed by atoms with Crippen molar-refractivity contribution in [1.29, 1.82) is 0 Å². The smallest absolute Gasteiger partial charge is 0.162 e. The molecule has 240 valence electrons. The number of fused-ring (bicyclic) bond motifs is 13. The van der Waals surface area contributed by atoms with Crippen LogP contribution >= 0.6 is 0 Å². The average Bonchev–Trinajstić information content (AvgIpc) is 3.85. The van der Waals surface area contributed by atoms with Crippen molar-refractivity contribution in [3.05, 3.63) is 170 Å². The minimum Gasteiger partial charge on any atom is -0.307 e. The van der Waals surface area contributed by atoms with E-state index in [1.54, 1.807) is 0 Å². The fourth-order valence-electron chi connectivity index (χ4n) is 8.78. The summed E-state index contributed by atoms with van der Waals surface area (Å²) >= 11 is 0. The molecule has 0 N–H and O–H groups in total. The van der Waals surface area contributed by atoms with Gasteiger partial charge in [-0.05, 0) is 46.8 Å². The van der Waals surface area contributed by atoms with Crippen LogP contribution in [0.3, 0.4) is 0 Å². The molecule has 0 unspecified atom stereocenters. The number of hydrogen-bond acceptors (Lipinski definition) is 2. The normalized spacial score (nSPS) is 12.2. The predicted molar refractivity (Wildman–Crippen MR) is 217 cm³/mol. The molecule has 0 aliphatic heterocycles. The van der Waals surface area contributed by atoms with E-state index in [9.17, 15) is 0 Å². The molecule has 8 aromatic carbocycles. The van der Waals surface area contributed by atoms with Gasteiger partial charge in [-0.3, -0.25) is 4.57 Å². The van der Waals surface area contributed by atoms with E-state index >= 15 is 0 Å². The van der Waals surface area contributed by atoms with Crippen LogP contribution in [-0.4, -0.2) is 18.9 Å². The molecule has 0 radical (unpaired) electrons. The van der Waals surface area contributed by atoms with Gasteiger partial charge in [-0.25, -0.2) is 9.97 Å². The number of rotatable bonds is 3. The highest BCUT2D eigenvalue weighted by Gasteiger charge is 2.26. The van der Waals surface area contributed by atoms with Crippen LogP contribution in [0.25, 0.3) is 110 Å². The van der Waals surface area contributed by atoms with Crippen molar-refractivity contribution in [3.8, 4) is 28.3 Å². The van der Waals surface area contributed by atoms with E-state index in [1.807, 2.05) is 0 Å². The van der Waals surface area contributed by atoms with Crippen molar-refractivity contribution in [3.63, 3.8) is 0 Å². The molecule has 0 fully saturated rings. The first-order valence-corrected chi connectivity index (χ1v) is 17.8. The van der Waals surface area contributed by atoms with E-state index in [4.69, 9.17) is 9.97 Å². The predicted octanol–water partition coefficient (Wildman–Crippen LogP) is 12.4. The Morgan fingerprint density at radius 1 is 0.365 bits per heavy atom. The van der Waals surface area contributed by atoms with Crippen molar-refractivity contribution in [2.45, 2.75) is 0 Å². The summed E-state index contributed by atoms with van der Waals surface area (Å²) in [6.45, 7) is 0. The molecular formula is C48H28N4. The summed E-state index contributed by atoms with van der Waals surface area (Å²) in [5, 5.41) is 11.0. The van der Waals surface area contributed by atoms with Crippen molar-refractivity contribution in [2.24, 2.45) is 0 Å². The van der Waals surface area contributed by atoms with Crippen molar-refractivity contribution in [1.82, 2.24) is 18.9 Å². The van der Waals surface area contributed by atoms with Crippen LogP contribution in [0.2, 0.25) is 0 Å². The summed E-state index contributed by atoms with van der Waals surface area (Å²) in [5.74, 6) is 1.59. The maximum Gasteiger partial charge on any atom is 0.162 e. The third-order valence-electron chi connectivity index (χ3n) is 11.0. The molecule has 52 heavy (non-hydrogen) atoms. The highest BCUT2D eigenvalue weighted by atomic mass is 15.1. The van der Waals surface area contributed by atoms with Crippen LogP contribution in [0.4, 0.5) is 0 Å². The molecule has 4 heteroatoms.